The molecule has 0 bridgehead atoms. The van der Waals surface area contributed by atoms with Crippen LogP contribution in [0.4, 0.5) is 0 Å². The molecule has 14 heavy (non-hydrogen) atoms. The van der Waals surface area contributed by atoms with Crippen molar-refractivity contribution in [1.29, 1.82) is 0 Å². The monoisotopic (exact) mass is 208 g/mol. The van der Waals surface area contributed by atoms with Crippen molar-refractivity contribution in [3.63, 3.8) is 0 Å². The van der Waals surface area contributed by atoms with Gasteiger partial charge in [0.15, 0.2) is 0 Å². The van der Waals surface area contributed by atoms with Crippen molar-refractivity contribution in [3.8, 4) is 11.8 Å². The zero-order valence-corrected chi connectivity index (χ0v) is 8.43. The number of aromatic nitrogens is 1. The van der Waals surface area contributed by atoms with Crippen LogP contribution < -0.4 is 5.32 Å². The van der Waals surface area contributed by atoms with E-state index >= 15 is 0 Å². The largest absolute Gasteiger partial charge is 0.345 e. The first-order valence-electron chi connectivity index (χ1n) is 4.03. The molecule has 0 saturated heterocycles. The normalized spacial score (nSPS) is 8.71. The number of hydrogen-bond donors (Lipinski definition) is 1. The summed E-state index contributed by atoms with van der Waals surface area (Å²) >= 11 is 5.60. The van der Waals surface area contributed by atoms with Gasteiger partial charge in [-0.2, -0.15) is 0 Å². The minimum Gasteiger partial charge on any atom is -0.345 e. The number of halogens is 1. The summed E-state index contributed by atoms with van der Waals surface area (Å²) in [5.41, 5.74) is 0.778. The molecule has 0 aromatic carbocycles. The molecule has 0 spiro atoms. The minimum atomic E-state index is -0.0893. The van der Waals surface area contributed by atoms with E-state index in [-0.39, 0.29) is 5.91 Å². The third-order valence-electron chi connectivity index (χ3n) is 1.39. The fourth-order valence-electron chi connectivity index (χ4n) is 0.765. The Morgan fingerprint density at radius 2 is 2.43 bits per heavy atom. The summed E-state index contributed by atoms with van der Waals surface area (Å²) in [4.78, 5) is 14.4. The van der Waals surface area contributed by atoms with E-state index in [0.29, 0.717) is 11.7 Å². The highest BCUT2D eigenvalue weighted by Crippen LogP contribution is 2.03. The average Bonchev–Trinajstić information content (AvgIpc) is 2.15. The molecule has 0 saturated carbocycles. The van der Waals surface area contributed by atoms with E-state index in [2.05, 4.69) is 22.1 Å². The van der Waals surface area contributed by atoms with E-state index in [0.717, 1.165) is 5.56 Å². The summed E-state index contributed by atoms with van der Waals surface area (Å²) in [7, 11) is 0. The zero-order valence-electron chi connectivity index (χ0n) is 7.67. The first-order valence-corrected chi connectivity index (χ1v) is 4.41. The summed E-state index contributed by atoms with van der Waals surface area (Å²) in [6.45, 7) is 1.80. The Bertz CT molecular complexity index is 375. The fourth-order valence-corrected chi connectivity index (χ4v) is 0.876. The highest BCUT2D eigenvalue weighted by atomic mass is 35.5. The van der Waals surface area contributed by atoms with Crippen LogP contribution in [0.3, 0.4) is 0 Å². The number of hydrogen-bond acceptors (Lipinski definition) is 2. The van der Waals surface area contributed by atoms with Crippen molar-refractivity contribution in [3.05, 3.63) is 29.0 Å². The van der Waals surface area contributed by atoms with E-state index < -0.39 is 0 Å². The molecule has 0 radical (unpaired) electrons. The fraction of sp³-hybridized carbons (Fsp3) is 0.200. The number of carbonyl (C=O) groups excluding carboxylic acids is 1. The first-order chi connectivity index (χ1) is 6.68. The molecule has 0 aliphatic heterocycles. The quantitative estimate of drug-likeness (QED) is 0.557. The van der Waals surface area contributed by atoms with Crippen LogP contribution >= 0.6 is 11.6 Å². The standard InChI is InChI=1S/C10H9ClN2O/c1-8(14)12-6-2-3-9-4-5-10(11)13-7-9/h4-5,7H,6H2,1H3,(H,12,14). The molecule has 0 atom stereocenters. The van der Waals surface area contributed by atoms with Crippen molar-refractivity contribution in [2.24, 2.45) is 0 Å². The molecule has 1 aromatic heterocycles. The summed E-state index contributed by atoms with van der Waals surface area (Å²) in [5, 5.41) is 3.01. The lowest BCUT2D eigenvalue weighted by Crippen LogP contribution is -2.19. The Balaban J connectivity index is 2.51. The van der Waals surface area contributed by atoms with Crippen LogP contribution in [0.15, 0.2) is 18.3 Å². The van der Waals surface area contributed by atoms with E-state index in [1.165, 1.54) is 6.92 Å². The van der Waals surface area contributed by atoms with Gasteiger partial charge in [-0.05, 0) is 12.1 Å². The number of carbonyl (C=O) groups is 1. The van der Waals surface area contributed by atoms with Crippen molar-refractivity contribution in [2.75, 3.05) is 6.54 Å². The summed E-state index contributed by atoms with van der Waals surface area (Å²) in [6, 6.07) is 3.44. The maximum atomic E-state index is 10.5. The van der Waals surface area contributed by atoms with Crippen LogP contribution in [0.2, 0.25) is 5.15 Å². The lowest BCUT2D eigenvalue weighted by atomic mass is 10.3. The Labute approximate surface area is 87.5 Å². The van der Waals surface area contributed by atoms with Gasteiger partial charge in [0.05, 0.1) is 6.54 Å². The third kappa shape index (κ3) is 3.92. The van der Waals surface area contributed by atoms with Crippen LogP contribution in [-0.4, -0.2) is 17.4 Å². The molecular formula is C10H9ClN2O. The van der Waals surface area contributed by atoms with E-state index in [4.69, 9.17) is 11.6 Å². The molecule has 0 unspecified atom stereocenters. The lowest BCUT2D eigenvalue weighted by Gasteiger charge is -1.92. The number of nitrogens with one attached hydrogen (secondary N) is 1. The maximum Gasteiger partial charge on any atom is 0.217 e. The average molecular weight is 209 g/mol. The molecular weight excluding hydrogens is 200 g/mol. The highest BCUT2D eigenvalue weighted by molar-refractivity contribution is 6.29. The third-order valence-corrected chi connectivity index (χ3v) is 1.61. The van der Waals surface area contributed by atoms with Crippen molar-refractivity contribution in [2.45, 2.75) is 6.92 Å². The second-order valence-corrected chi connectivity index (χ2v) is 2.97. The van der Waals surface area contributed by atoms with Crippen LogP contribution in [0.25, 0.3) is 0 Å². The summed E-state index contributed by atoms with van der Waals surface area (Å²) < 4.78 is 0. The SMILES string of the molecule is CC(=O)NCC#Cc1ccc(Cl)nc1. The van der Waals surface area contributed by atoms with Gasteiger partial charge in [-0.3, -0.25) is 4.79 Å². The number of nitrogens with zero attached hydrogens (tertiary/aromatic N) is 1. The molecule has 4 heteroatoms. The van der Waals surface area contributed by atoms with Gasteiger partial charge in [0.1, 0.15) is 5.15 Å². The topological polar surface area (TPSA) is 42.0 Å². The predicted octanol–water partition coefficient (Wildman–Crippen LogP) is 1.22. The van der Waals surface area contributed by atoms with E-state index in [9.17, 15) is 4.79 Å². The van der Waals surface area contributed by atoms with Gasteiger partial charge in [0.25, 0.3) is 0 Å². The van der Waals surface area contributed by atoms with E-state index in [1.807, 2.05) is 0 Å². The van der Waals surface area contributed by atoms with Gasteiger partial charge in [0, 0.05) is 18.7 Å². The van der Waals surface area contributed by atoms with Gasteiger partial charge in [0.2, 0.25) is 5.91 Å². The smallest absolute Gasteiger partial charge is 0.217 e. The summed E-state index contributed by atoms with van der Waals surface area (Å²) in [6.07, 6.45) is 1.59. The zero-order chi connectivity index (χ0) is 10.4. The van der Waals surface area contributed by atoms with Crippen molar-refractivity contribution >= 4 is 17.5 Å². The number of pyridine rings is 1. The van der Waals surface area contributed by atoms with Gasteiger partial charge in [-0.25, -0.2) is 4.98 Å². The molecule has 1 aromatic rings. The van der Waals surface area contributed by atoms with Crippen LogP contribution in [-0.2, 0) is 4.79 Å². The van der Waals surface area contributed by atoms with Crippen LogP contribution in [0.1, 0.15) is 12.5 Å². The van der Waals surface area contributed by atoms with Gasteiger partial charge in [-0.1, -0.05) is 23.4 Å². The predicted molar refractivity (Wildman–Crippen MR) is 54.8 cm³/mol. The molecule has 0 aliphatic rings. The van der Waals surface area contributed by atoms with Crippen LogP contribution in [0.5, 0.6) is 0 Å². The second-order valence-electron chi connectivity index (χ2n) is 2.58. The minimum absolute atomic E-state index is 0.0893. The molecule has 1 heterocycles. The Morgan fingerprint density at radius 3 is 3.00 bits per heavy atom. The Hall–Kier alpha value is -1.53. The molecule has 1 amide bonds. The Morgan fingerprint density at radius 1 is 1.64 bits per heavy atom. The first kappa shape index (κ1) is 10.6. The molecule has 1 N–H and O–H groups in total. The molecule has 72 valence electrons. The van der Waals surface area contributed by atoms with Crippen molar-refractivity contribution < 1.29 is 4.79 Å². The summed E-state index contributed by atoms with van der Waals surface area (Å²) in [5.74, 6) is 5.54. The van der Waals surface area contributed by atoms with Gasteiger partial charge in [-0.15, -0.1) is 0 Å². The van der Waals surface area contributed by atoms with Crippen molar-refractivity contribution in [1.82, 2.24) is 10.3 Å². The molecule has 1 rings (SSSR count). The lowest BCUT2D eigenvalue weighted by molar-refractivity contribution is -0.118. The van der Waals surface area contributed by atoms with E-state index in [1.54, 1.807) is 18.3 Å². The van der Waals surface area contributed by atoms with Gasteiger partial charge >= 0.3 is 0 Å². The van der Waals surface area contributed by atoms with Gasteiger partial charge < -0.3 is 5.32 Å². The second kappa shape index (κ2) is 5.25. The van der Waals surface area contributed by atoms with Crippen LogP contribution in [0, 0.1) is 11.8 Å². The highest BCUT2D eigenvalue weighted by Gasteiger charge is 1.88. The molecule has 0 fully saturated rings. The molecule has 0 aliphatic carbocycles. The maximum absolute atomic E-state index is 10.5. The number of amides is 1. The number of rotatable bonds is 1. The molecule has 3 nitrogen and oxygen atoms in total. The Kier molecular flexibility index (Phi) is 3.96.